The minimum Gasteiger partial charge on any atom is -0.380 e. The van der Waals surface area contributed by atoms with Crippen molar-refractivity contribution in [3.05, 3.63) is 59.7 Å². The van der Waals surface area contributed by atoms with Crippen LogP contribution in [0.5, 0.6) is 0 Å². The molecule has 0 amide bonds. The highest BCUT2D eigenvalue weighted by atomic mass is 19.1. The van der Waals surface area contributed by atoms with E-state index in [9.17, 15) is 4.39 Å². The molecule has 17 heavy (non-hydrogen) atoms. The van der Waals surface area contributed by atoms with Gasteiger partial charge in [0.2, 0.25) is 0 Å². The number of nitrogens with one attached hydrogen (secondary N) is 1. The van der Waals surface area contributed by atoms with Gasteiger partial charge in [-0.25, -0.2) is 9.37 Å². The summed E-state index contributed by atoms with van der Waals surface area (Å²) in [5, 5.41) is 11.7. The predicted molar refractivity (Wildman–Crippen MR) is 62.7 cm³/mol. The van der Waals surface area contributed by atoms with E-state index in [0.29, 0.717) is 12.2 Å². The van der Waals surface area contributed by atoms with Crippen LogP contribution in [0.1, 0.15) is 11.3 Å². The van der Waals surface area contributed by atoms with Gasteiger partial charge in [0, 0.05) is 6.54 Å². The maximum absolute atomic E-state index is 12.9. The number of nitriles is 1. The van der Waals surface area contributed by atoms with Crippen LogP contribution in [-0.2, 0) is 6.54 Å². The number of pyridine rings is 1. The highest BCUT2D eigenvalue weighted by Crippen LogP contribution is 2.09. The first-order valence-corrected chi connectivity index (χ1v) is 5.12. The third-order valence-corrected chi connectivity index (χ3v) is 2.26. The summed E-state index contributed by atoms with van der Waals surface area (Å²) in [5.41, 5.74) is 2.03. The molecule has 0 atom stereocenters. The molecular formula is C13H10FN3. The van der Waals surface area contributed by atoms with Crippen LogP contribution in [0.4, 0.5) is 10.1 Å². The third kappa shape index (κ3) is 3.02. The second-order valence-electron chi connectivity index (χ2n) is 3.53. The molecular weight excluding hydrogens is 217 g/mol. The Morgan fingerprint density at radius 2 is 2.18 bits per heavy atom. The summed E-state index contributed by atoms with van der Waals surface area (Å²) in [6, 6.07) is 11.7. The molecule has 1 aromatic heterocycles. The quantitative estimate of drug-likeness (QED) is 0.877. The van der Waals surface area contributed by atoms with E-state index in [0.717, 1.165) is 11.3 Å². The Kier molecular flexibility index (Phi) is 3.31. The van der Waals surface area contributed by atoms with Gasteiger partial charge in [-0.2, -0.15) is 5.26 Å². The molecule has 0 aliphatic heterocycles. The first kappa shape index (κ1) is 11.1. The molecule has 3 nitrogen and oxygen atoms in total. The highest BCUT2D eigenvalue weighted by Gasteiger charge is 1.97. The molecule has 0 spiro atoms. The lowest BCUT2D eigenvalue weighted by Crippen LogP contribution is -2.00. The molecule has 0 saturated carbocycles. The Morgan fingerprint density at radius 3 is 2.82 bits per heavy atom. The van der Waals surface area contributed by atoms with Crippen LogP contribution in [-0.4, -0.2) is 4.98 Å². The molecule has 1 heterocycles. The van der Waals surface area contributed by atoms with Crippen molar-refractivity contribution in [2.75, 3.05) is 5.32 Å². The van der Waals surface area contributed by atoms with Crippen molar-refractivity contribution in [2.45, 2.75) is 6.54 Å². The lowest BCUT2D eigenvalue weighted by atomic mass is 10.2. The van der Waals surface area contributed by atoms with Crippen molar-refractivity contribution in [3.63, 3.8) is 0 Å². The van der Waals surface area contributed by atoms with Crippen LogP contribution in [0.2, 0.25) is 0 Å². The molecule has 0 radical (unpaired) electrons. The van der Waals surface area contributed by atoms with Crippen molar-refractivity contribution in [1.29, 1.82) is 5.26 Å². The number of anilines is 1. The van der Waals surface area contributed by atoms with Gasteiger partial charge < -0.3 is 5.32 Å². The first-order valence-electron chi connectivity index (χ1n) is 5.12. The van der Waals surface area contributed by atoms with E-state index < -0.39 is 0 Å². The summed E-state index contributed by atoms with van der Waals surface area (Å²) in [6.07, 6.45) is 1.58. The van der Waals surface area contributed by atoms with Gasteiger partial charge in [0.15, 0.2) is 0 Å². The number of aromatic nitrogens is 1. The van der Waals surface area contributed by atoms with Crippen LogP contribution >= 0.6 is 0 Å². The van der Waals surface area contributed by atoms with Gasteiger partial charge in [-0.1, -0.05) is 12.1 Å². The molecule has 1 N–H and O–H groups in total. The van der Waals surface area contributed by atoms with Crippen molar-refractivity contribution < 1.29 is 4.39 Å². The molecule has 0 bridgehead atoms. The van der Waals surface area contributed by atoms with Gasteiger partial charge in [0.1, 0.15) is 17.6 Å². The largest absolute Gasteiger partial charge is 0.380 e. The molecule has 1 aromatic carbocycles. The minimum absolute atomic E-state index is 0.248. The fourth-order valence-electron chi connectivity index (χ4n) is 1.42. The summed E-state index contributed by atoms with van der Waals surface area (Å²) >= 11 is 0. The zero-order chi connectivity index (χ0) is 12.1. The van der Waals surface area contributed by atoms with Crippen molar-refractivity contribution >= 4 is 5.69 Å². The van der Waals surface area contributed by atoms with E-state index >= 15 is 0 Å². The average Bonchev–Trinajstić information content (AvgIpc) is 2.37. The van der Waals surface area contributed by atoms with Crippen LogP contribution in [0.15, 0.2) is 42.6 Å². The Bertz CT molecular complexity index is 543. The van der Waals surface area contributed by atoms with Crippen LogP contribution in [0.3, 0.4) is 0 Å². The van der Waals surface area contributed by atoms with Gasteiger partial charge in [-0.05, 0) is 29.8 Å². The standard InChI is InChI=1S/C13H10FN3/c14-11-3-1-2-10(6-11)8-16-13-5-4-12(7-15)17-9-13/h1-6,9,16H,8H2. The predicted octanol–water partition coefficient (Wildman–Crippen LogP) is 2.70. The van der Waals surface area contributed by atoms with E-state index in [1.54, 1.807) is 24.4 Å². The van der Waals surface area contributed by atoms with Gasteiger partial charge >= 0.3 is 0 Å². The first-order chi connectivity index (χ1) is 8.28. The Balaban J connectivity index is 2.00. The molecule has 2 aromatic rings. The second-order valence-corrected chi connectivity index (χ2v) is 3.53. The summed E-state index contributed by atoms with van der Waals surface area (Å²) in [7, 11) is 0. The topological polar surface area (TPSA) is 48.7 Å². The van der Waals surface area contributed by atoms with Gasteiger partial charge in [0.25, 0.3) is 0 Å². The maximum atomic E-state index is 12.9. The third-order valence-electron chi connectivity index (χ3n) is 2.26. The van der Waals surface area contributed by atoms with Crippen LogP contribution < -0.4 is 5.32 Å². The van der Waals surface area contributed by atoms with E-state index in [2.05, 4.69) is 10.3 Å². The smallest absolute Gasteiger partial charge is 0.140 e. The van der Waals surface area contributed by atoms with Crippen molar-refractivity contribution in [2.24, 2.45) is 0 Å². The lowest BCUT2D eigenvalue weighted by Gasteiger charge is -2.05. The van der Waals surface area contributed by atoms with E-state index in [-0.39, 0.29) is 5.82 Å². The molecule has 0 fully saturated rings. The zero-order valence-electron chi connectivity index (χ0n) is 9.02. The molecule has 0 saturated heterocycles. The SMILES string of the molecule is N#Cc1ccc(NCc2cccc(F)c2)cn1. The number of hydrogen-bond acceptors (Lipinski definition) is 3. The number of halogens is 1. The summed E-state index contributed by atoms with van der Waals surface area (Å²) in [6.45, 7) is 0.519. The summed E-state index contributed by atoms with van der Waals surface area (Å²) < 4.78 is 12.9. The molecule has 84 valence electrons. The van der Waals surface area contributed by atoms with E-state index in [4.69, 9.17) is 5.26 Å². The highest BCUT2D eigenvalue weighted by molar-refractivity contribution is 5.43. The Labute approximate surface area is 98.5 Å². The lowest BCUT2D eigenvalue weighted by molar-refractivity contribution is 0.626. The number of rotatable bonds is 3. The fraction of sp³-hybridized carbons (Fsp3) is 0.0769. The average molecular weight is 227 g/mol. The molecule has 4 heteroatoms. The van der Waals surface area contributed by atoms with Crippen LogP contribution in [0, 0.1) is 17.1 Å². The van der Waals surface area contributed by atoms with E-state index in [1.807, 2.05) is 12.1 Å². The zero-order valence-corrected chi connectivity index (χ0v) is 9.02. The maximum Gasteiger partial charge on any atom is 0.140 e. The van der Waals surface area contributed by atoms with E-state index in [1.165, 1.54) is 12.1 Å². The van der Waals surface area contributed by atoms with Crippen molar-refractivity contribution in [3.8, 4) is 6.07 Å². The van der Waals surface area contributed by atoms with Gasteiger partial charge in [0.05, 0.1) is 11.9 Å². The molecule has 0 aliphatic carbocycles. The van der Waals surface area contributed by atoms with Crippen molar-refractivity contribution in [1.82, 2.24) is 4.98 Å². The van der Waals surface area contributed by atoms with Gasteiger partial charge in [-0.15, -0.1) is 0 Å². The normalized spacial score (nSPS) is 9.65. The van der Waals surface area contributed by atoms with Crippen LogP contribution in [0.25, 0.3) is 0 Å². The number of nitrogens with zero attached hydrogens (tertiary/aromatic N) is 2. The Hall–Kier alpha value is -2.41. The fourth-order valence-corrected chi connectivity index (χ4v) is 1.42. The number of benzene rings is 1. The van der Waals surface area contributed by atoms with Gasteiger partial charge in [-0.3, -0.25) is 0 Å². The Morgan fingerprint density at radius 1 is 1.29 bits per heavy atom. The summed E-state index contributed by atoms with van der Waals surface area (Å²) in [5.74, 6) is -0.248. The molecule has 2 rings (SSSR count). The number of hydrogen-bond donors (Lipinski definition) is 1. The minimum atomic E-state index is -0.248. The second kappa shape index (κ2) is 5.08. The monoisotopic (exact) mass is 227 g/mol. The molecule has 0 aliphatic rings. The summed E-state index contributed by atoms with van der Waals surface area (Å²) in [4.78, 5) is 3.93. The molecule has 0 unspecified atom stereocenters.